The molecule has 2 heterocycles. The van der Waals surface area contributed by atoms with Gasteiger partial charge in [-0.1, -0.05) is 53.1 Å². The van der Waals surface area contributed by atoms with Crippen molar-refractivity contribution in [2.45, 2.75) is 26.3 Å². The first-order chi connectivity index (χ1) is 13.7. The van der Waals surface area contributed by atoms with Gasteiger partial charge in [0, 0.05) is 31.1 Å². The summed E-state index contributed by atoms with van der Waals surface area (Å²) in [5.41, 5.74) is 3.25. The number of carbonyl (C=O) groups excluding carboxylic acids is 1. The van der Waals surface area contributed by atoms with Crippen LogP contribution in [0.15, 0.2) is 59.0 Å². The van der Waals surface area contributed by atoms with Gasteiger partial charge in [-0.05, 0) is 37.5 Å². The Labute approximate surface area is 164 Å². The van der Waals surface area contributed by atoms with E-state index in [0.29, 0.717) is 18.5 Å². The minimum absolute atomic E-state index is 0.0261. The first-order valence-corrected chi connectivity index (χ1v) is 9.66. The lowest BCUT2D eigenvalue weighted by Gasteiger charge is -2.29. The van der Waals surface area contributed by atoms with Crippen LogP contribution in [0.1, 0.15) is 24.0 Å². The number of aryl methyl sites for hydroxylation is 1. The van der Waals surface area contributed by atoms with E-state index in [1.165, 1.54) is 5.56 Å². The molecule has 4 rings (SSSR count). The molecule has 0 aliphatic carbocycles. The highest BCUT2D eigenvalue weighted by atomic mass is 16.4. The third-order valence-electron chi connectivity index (χ3n) is 5.16. The summed E-state index contributed by atoms with van der Waals surface area (Å²) < 4.78 is 5.82. The molecule has 6 heteroatoms. The van der Waals surface area contributed by atoms with Gasteiger partial charge >= 0.3 is 6.01 Å². The summed E-state index contributed by atoms with van der Waals surface area (Å²) in [6, 6.07) is 18.5. The van der Waals surface area contributed by atoms with Gasteiger partial charge in [-0.15, -0.1) is 5.10 Å². The summed E-state index contributed by atoms with van der Waals surface area (Å²) in [6.07, 6.45) is 1.56. The quantitative estimate of drug-likeness (QED) is 0.737. The minimum Gasteiger partial charge on any atom is -0.403 e. The third-order valence-corrected chi connectivity index (χ3v) is 5.16. The fourth-order valence-electron chi connectivity index (χ4n) is 3.41. The van der Waals surface area contributed by atoms with Gasteiger partial charge in [0.2, 0.25) is 11.8 Å². The van der Waals surface area contributed by atoms with E-state index in [4.69, 9.17) is 4.42 Å². The van der Waals surface area contributed by atoms with E-state index in [2.05, 4.69) is 51.6 Å². The second kappa shape index (κ2) is 8.25. The van der Waals surface area contributed by atoms with E-state index in [9.17, 15) is 4.79 Å². The summed E-state index contributed by atoms with van der Waals surface area (Å²) in [5, 5.41) is 11.4. The highest BCUT2D eigenvalue weighted by molar-refractivity contribution is 5.78. The molecule has 0 saturated carbocycles. The molecule has 144 valence electrons. The molecule has 1 aliphatic rings. The molecule has 28 heavy (non-hydrogen) atoms. The number of piperidine rings is 1. The van der Waals surface area contributed by atoms with E-state index < -0.39 is 0 Å². The van der Waals surface area contributed by atoms with Crippen LogP contribution in [0.4, 0.5) is 6.01 Å². The van der Waals surface area contributed by atoms with Crippen molar-refractivity contribution in [2.24, 2.45) is 5.92 Å². The van der Waals surface area contributed by atoms with Gasteiger partial charge in [0.1, 0.15) is 0 Å². The minimum atomic E-state index is 0.0261. The van der Waals surface area contributed by atoms with Crippen LogP contribution >= 0.6 is 0 Å². The van der Waals surface area contributed by atoms with Crippen LogP contribution < -0.4 is 10.2 Å². The summed E-state index contributed by atoms with van der Waals surface area (Å²) in [4.78, 5) is 14.5. The van der Waals surface area contributed by atoms with Crippen LogP contribution in [0.5, 0.6) is 0 Å². The largest absolute Gasteiger partial charge is 0.403 e. The summed E-state index contributed by atoms with van der Waals surface area (Å²) in [5.74, 6) is 0.669. The van der Waals surface area contributed by atoms with Crippen molar-refractivity contribution in [3.05, 3.63) is 65.7 Å². The van der Waals surface area contributed by atoms with Crippen LogP contribution in [0.25, 0.3) is 11.5 Å². The Morgan fingerprint density at radius 2 is 1.79 bits per heavy atom. The van der Waals surface area contributed by atoms with Crippen molar-refractivity contribution in [2.75, 3.05) is 18.0 Å². The standard InChI is InChI=1S/C22H24N4O2/c1-16-7-9-17(10-8-16)15-23-20(27)18-11-13-26(14-12-18)22-25-24-21(28-22)19-5-3-2-4-6-19/h2-10,18H,11-15H2,1H3,(H,23,27). The predicted octanol–water partition coefficient (Wildman–Crippen LogP) is 3.58. The van der Waals surface area contributed by atoms with E-state index in [-0.39, 0.29) is 11.8 Å². The smallest absolute Gasteiger partial charge is 0.318 e. The number of aromatic nitrogens is 2. The van der Waals surface area contributed by atoms with Crippen molar-refractivity contribution in [1.29, 1.82) is 0 Å². The molecule has 1 aliphatic heterocycles. The monoisotopic (exact) mass is 376 g/mol. The highest BCUT2D eigenvalue weighted by Crippen LogP contribution is 2.25. The molecule has 1 aromatic heterocycles. The first kappa shape index (κ1) is 18.2. The maximum Gasteiger partial charge on any atom is 0.318 e. The molecule has 0 radical (unpaired) electrons. The third kappa shape index (κ3) is 4.22. The van der Waals surface area contributed by atoms with Crippen LogP contribution in [-0.4, -0.2) is 29.2 Å². The van der Waals surface area contributed by atoms with Gasteiger partial charge < -0.3 is 14.6 Å². The molecule has 2 aromatic carbocycles. The van der Waals surface area contributed by atoms with Crippen LogP contribution in [0, 0.1) is 12.8 Å². The molecule has 1 saturated heterocycles. The van der Waals surface area contributed by atoms with Gasteiger partial charge in [0.05, 0.1) is 0 Å². The SMILES string of the molecule is Cc1ccc(CNC(=O)C2CCN(c3nnc(-c4ccccc4)o3)CC2)cc1. The number of benzene rings is 2. The zero-order chi connectivity index (χ0) is 19.3. The molecule has 0 unspecified atom stereocenters. The Morgan fingerprint density at radius 1 is 1.07 bits per heavy atom. The number of nitrogens with one attached hydrogen (secondary N) is 1. The Balaban J connectivity index is 1.29. The normalized spacial score (nSPS) is 14.8. The van der Waals surface area contributed by atoms with Gasteiger partial charge in [0.15, 0.2) is 0 Å². The van der Waals surface area contributed by atoms with E-state index in [0.717, 1.165) is 37.1 Å². The van der Waals surface area contributed by atoms with E-state index >= 15 is 0 Å². The van der Waals surface area contributed by atoms with Gasteiger partial charge in [-0.25, -0.2) is 0 Å². The van der Waals surface area contributed by atoms with Crippen LogP contribution in [0.2, 0.25) is 0 Å². The molecule has 3 aromatic rings. The molecule has 0 bridgehead atoms. The Hall–Kier alpha value is -3.15. The lowest BCUT2D eigenvalue weighted by Crippen LogP contribution is -2.40. The molecule has 0 spiro atoms. The zero-order valence-corrected chi connectivity index (χ0v) is 16.0. The highest BCUT2D eigenvalue weighted by Gasteiger charge is 2.27. The number of anilines is 1. The topological polar surface area (TPSA) is 71.3 Å². The average Bonchev–Trinajstić information content (AvgIpc) is 3.24. The van der Waals surface area contributed by atoms with Gasteiger partial charge in [0.25, 0.3) is 0 Å². The van der Waals surface area contributed by atoms with Crippen molar-refractivity contribution >= 4 is 11.9 Å². The van der Waals surface area contributed by atoms with E-state index in [1.54, 1.807) is 0 Å². The molecule has 1 amide bonds. The summed E-state index contributed by atoms with van der Waals surface area (Å²) in [7, 11) is 0. The van der Waals surface area contributed by atoms with Gasteiger partial charge in [-0.2, -0.15) is 0 Å². The number of hydrogen-bond donors (Lipinski definition) is 1. The lowest BCUT2D eigenvalue weighted by atomic mass is 9.96. The molecular weight excluding hydrogens is 352 g/mol. The van der Waals surface area contributed by atoms with Crippen molar-refractivity contribution in [3.63, 3.8) is 0 Å². The maximum atomic E-state index is 12.5. The van der Waals surface area contributed by atoms with Crippen LogP contribution in [0.3, 0.4) is 0 Å². The van der Waals surface area contributed by atoms with Crippen molar-refractivity contribution < 1.29 is 9.21 Å². The number of rotatable bonds is 5. The molecule has 0 atom stereocenters. The van der Waals surface area contributed by atoms with Gasteiger partial charge in [-0.3, -0.25) is 4.79 Å². The number of amides is 1. The Morgan fingerprint density at radius 3 is 2.50 bits per heavy atom. The first-order valence-electron chi connectivity index (χ1n) is 9.66. The summed E-state index contributed by atoms with van der Waals surface area (Å²) in [6.45, 7) is 4.10. The summed E-state index contributed by atoms with van der Waals surface area (Å²) >= 11 is 0. The number of hydrogen-bond acceptors (Lipinski definition) is 5. The fourth-order valence-corrected chi connectivity index (χ4v) is 3.41. The fraction of sp³-hybridized carbons (Fsp3) is 0.318. The Kier molecular flexibility index (Phi) is 5.37. The van der Waals surface area contributed by atoms with Crippen molar-refractivity contribution in [3.8, 4) is 11.5 Å². The number of nitrogens with zero attached hydrogens (tertiary/aromatic N) is 3. The predicted molar refractivity (Wildman–Crippen MR) is 108 cm³/mol. The molecule has 1 fully saturated rings. The molecular formula is C22H24N4O2. The second-order valence-corrected chi connectivity index (χ2v) is 7.22. The van der Waals surface area contributed by atoms with Crippen molar-refractivity contribution in [1.82, 2.24) is 15.5 Å². The van der Waals surface area contributed by atoms with E-state index in [1.807, 2.05) is 30.3 Å². The number of carbonyl (C=O) groups is 1. The Bertz CT molecular complexity index is 913. The van der Waals surface area contributed by atoms with Crippen LogP contribution in [-0.2, 0) is 11.3 Å². The second-order valence-electron chi connectivity index (χ2n) is 7.22. The molecule has 6 nitrogen and oxygen atoms in total. The maximum absolute atomic E-state index is 12.5. The zero-order valence-electron chi connectivity index (χ0n) is 16.0. The average molecular weight is 376 g/mol. The lowest BCUT2D eigenvalue weighted by molar-refractivity contribution is -0.125. The molecule has 1 N–H and O–H groups in total.